The molecule has 0 bridgehead atoms. The maximum Gasteiger partial charge on any atom is 0.197 e. The van der Waals surface area contributed by atoms with Crippen LogP contribution in [0.1, 0.15) is 25.5 Å². The fraction of sp³-hybridized carbons (Fsp3) is 0.444. The van der Waals surface area contributed by atoms with Gasteiger partial charge >= 0.3 is 0 Å². The van der Waals surface area contributed by atoms with Gasteiger partial charge < -0.3 is 4.42 Å². The van der Waals surface area contributed by atoms with Crippen molar-refractivity contribution in [3.8, 4) is 11.8 Å². The first kappa shape index (κ1) is 7.87. The van der Waals surface area contributed by atoms with Crippen molar-refractivity contribution < 1.29 is 4.42 Å². The summed E-state index contributed by atoms with van der Waals surface area (Å²) in [6, 6.07) is 0. The minimum absolute atomic E-state index is 0.375. The predicted octanol–water partition coefficient (Wildman–Crippen LogP) is 1.99. The summed E-state index contributed by atoms with van der Waals surface area (Å²) < 4.78 is 5.15. The van der Waals surface area contributed by atoms with Gasteiger partial charge in [0.05, 0.1) is 6.20 Å². The summed E-state index contributed by atoms with van der Waals surface area (Å²) >= 11 is 0. The smallest absolute Gasteiger partial charge is 0.197 e. The molecule has 58 valence electrons. The van der Waals surface area contributed by atoms with Crippen molar-refractivity contribution in [3.63, 3.8) is 0 Å². The Balaban J connectivity index is 2.74. The summed E-state index contributed by atoms with van der Waals surface area (Å²) in [5, 5.41) is 0. The summed E-state index contributed by atoms with van der Waals surface area (Å²) in [6.07, 6.45) is 1.64. The second-order valence-electron chi connectivity index (χ2n) is 2.67. The summed E-state index contributed by atoms with van der Waals surface area (Å²) in [4.78, 5) is 3.93. The lowest BCUT2D eigenvalue weighted by molar-refractivity contribution is 0.510. The van der Waals surface area contributed by atoms with Crippen molar-refractivity contribution in [1.82, 2.24) is 4.98 Å². The molecular formula is C9H11NO. The van der Waals surface area contributed by atoms with Gasteiger partial charge in [-0.15, -0.1) is 0 Å². The summed E-state index contributed by atoms with van der Waals surface area (Å²) in [5.41, 5.74) is 0. The lowest BCUT2D eigenvalue weighted by atomic mass is 10.2. The summed E-state index contributed by atoms with van der Waals surface area (Å²) in [7, 11) is 0. The van der Waals surface area contributed by atoms with Crippen LogP contribution in [0.2, 0.25) is 0 Å². The van der Waals surface area contributed by atoms with Crippen LogP contribution in [0.3, 0.4) is 0 Å². The van der Waals surface area contributed by atoms with Crippen LogP contribution < -0.4 is 0 Å². The fourth-order valence-corrected chi connectivity index (χ4v) is 0.635. The van der Waals surface area contributed by atoms with Crippen LogP contribution in [0.15, 0.2) is 10.6 Å². The monoisotopic (exact) mass is 149 g/mol. The Hall–Kier alpha value is -1.23. The average Bonchev–Trinajstić information content (AvgIpc) is 2.31. The highest BCUT2D eigenvalue weighted by molar-refractivity contribution is 5.22. The Kier molecular flexibility index (Phi) is 2.32. The Morgan fingerprint density at radius 3 is 2.73 bits per heavy atom. The molecule has 2 nitrogen and oxygen atoms in total. The van der Waals surface area contributed by atoms with Crippen LogP contribution in [0.5, 0.6) is 0 Å². The second-order valence-corrected chi connectivity index (χ2v) is 2.67. The molecular weight excluding hydrogens is 138 g/mol. The van der Waals surface area contributed by atoms with Crippen molar-refractivity contribution in [1.29, 1.82) is 0 Å². The van der Waals surface area contributed by atoms with Gasteiger partial charge in [0.2, 0.25) is 0 Å². The highest BCUT2D eigenvalue weighted by atomic mass is 16.3. The normalized spacial score (nSPS) is 9.45. The third kappa shape index (κ3) is 2.46. The van der Waals surface area contributed by atoms with Gasteiger partial charge in [-0.25, -0.2) is 4.98 Å². The van der Waals surface area contributed by atoms with Crippen molar-refractivity contribution in [3.05, 3.63) is 17.8 Å². The molecule has 0 aliphatic carbocycles. The predicted molar refractivity (Wildman–Crippen MR) is 43.0 cm³/mol. The van der Waals surface area contributed by atoms with E-state index in [0.717, 1.165) is 0 Å². The zero-order valence-electron chi connectivity index (χ0n) is 7.01. The summed E-state index contributed by atoms with van der Waals surface area (Å²) in [6.45, 7) is 5.88. The molecule has 1 aromatic rings. The van der Waals surface area contributed by atoms with E-state index in [1.165, 1.54) is 0 Å². The zero-order valence-corrected chi connectivity index (χ0v) is 7.01. The van der Waals surface area contributed by atoms with E-state index in [2.05, 4.69) is 16.8 Å². The van der Waals surface area contributed by atoms with Crippen molar-refractivity contribution in [2.75, 3.05) is 0 Å². The quantitative estimate of drug-likeness (QED) is 0.527. The highest BCUT2D eigenvalue weighted by Gasteiger charge is 1.93. The van der Waals surface area contributed by atoms with E-state index in [-0.39, 0.29) is 0 Å². The lowest BCUT2D eigenvalue weighted by Crippen LogP contribution is -1.77. The molecule has 0 N–H and O–H groups in total. The maximum absolute atomic E-state index is 5.15. The molecule has 1 heterocycles. The molecule has 0 amide bonds. The first-order chi connectivity index (χ1) is 5.18. The molecule has 1 aromatic heterocycles. The summed E-state index contributed by atoms with van der Waals surface area (Å²) in [5.74, 6) is 7.57. The second kappa shape index (κ2) is 3.25. The molecule has 0 saturated carbocycles. The SMILES string of the molecule is Cc1ncc(C#CC(C)C)o1. The van der Waals surface area contributed by atoms with Crippen molar-refractivity contribution in [2.45, 2.75) is 20.8 Å². The molecule has 2 heteroatoms. The topological polar surface area (TPSA) is 26.0 Å². The van der Waals surface area contributed by atoms with Gasteiger partial charge in [-0.3, -0.25) is 0 Å². The molecule has 0 aromatic carbocycles. The van der Waals surface area contributed by atoms with Crippen LogP contribution in [-0.2, 0) is 0 Å². The van der Waals surface area contributed by atoms with Gasteiger partial charge in [-0.1, -0.05) is 19.8 Å². The number of hydrogen-bond donors (Lipinski definition) is 0. The third-order valence-corrected chi connectivity index (χ3v) is 1.11. The Morgan fingerprint density at radius 2 is 2.27 bits per heavy atom. The van der Waals surface area contributed by atoms with Gasteiger partial charge in [0.25, 0.3) is 0 Å². The van der Waals surface area contributed by atoms with E-state index in [1.54, 1.807) is 13.1 Å². The number of oxazole rings is 1. The molecule has 0 saturated heterocycles. The van der Waals surface area contributed by atoms with Gasteiger partial charge in [-0.05, 0) is 5.92 Å². The zero-order chi connectivity index (χ0) is 8.27. The molecule has 0 aliphatic heterocycles. The Morgan fingerprint density at radius 1 is 1.55 bits per heavy atom. The molecule has 0 spiro atoms. The molecule has 1 rings (SSSR count). The van der Waals surface area contributed by atoms with Crippen LogP contribution in [0.4, 0.5) is 0 Å². The van der Waals surface area contributed by atoms with E-state index in [1.807, 2.05) is 13.8 Å². The Bertz CT molecular complexity index is 288. The number of nitrogens with zero attached hydrogens (tertiary/aromatic N) is 1. The van der Waals surface area contributed by atoms with Gasteiger partial charge in [0.15, 0.2) is 11.7 Å². The number of aromatic nitrogens is 1. The van der Waals surface area contributed by atoms with E-state index in [4.69, 9.17) is 4.42 Å². The number of aryl methyl sites for hydroxylation is 1. The molecule has 0 atom stereocenters. The van der Waals surface area contributed by atoms with Crippen LogP contribution in [-0.4, -0.2) is 4.98 Å². The van der Waals surface area contributed by atoms with E-state index < -0.39 is 0 Å². The molecule has 0 radical (unpaired) electrons. The Labute approximate surface area is 66.6 Å². The van der Waals surface area contributed by atoms with Crippen molar-refractivity contribution in [2.24, 2.45) is 5.92 Å². The molecule has 11 heavy (non-hydrogen) atoms. The van der Waals surface area contributed by atoms with Gasteiger partial charge in [0.1, 0.15) is 0 Å². The molecule has 0 aliphatic rings. The molecule has 0 unspecified atom stereocenters. The number of hydrogen-bond acceptors (Lipinski definition) is 2. The van der Waals surface area contributed by atoms with E-state index in [9.17, 15) is 0 Å². The molecule has 0 fully saturated rings. The fourth-order valence-electron chi connectivity index (χ4n) is 0.635. The standard InChI is InChI=1S/C9H11NO/c1-7(2)4-5-9-6-10-8(3)11-9/h6-7H,1-3H3. The minimum atomic E-state index is 0.375. The van der Waals surface area contributed by atoms with Crippen LogP contribution in [0, 0.1) is 24.7 Å². The lowest BCUT2D eigenvalue weighted by Gasteiger charge is -1.84. The van der Waals surface area contributed by atoms with Crippen LogP contribution >= 0.6 is 0 Å². The largest absolute Gasteiger partial charge is 0.433 e. The highest BCUT2D eigenvalue weighted by Crippen LogP contribution is 1.99. The minimum Gasteiger partial charge on any atom is -0.433 e. The van der Waals surface area contributed by atoms with Crippen LogP contribution in [0.25, 0.3) is 0 Å². The van der Waals surface area contributed by atoms with E-state index >= 15 is 0 Å². The number of rotatable bonds is 0. The van der Waals surface area contributed by atoms with Crippen molar-refractivity contribution >= 4 is 0 Å². The third-order valence-electron chi connectivity index (χ3n) is 1.11. The first-order valence-corrected chi connectivity index (χ1v) is 3.62. The maximum atomic E-state index is 5.15. The van der Waals surface area contributed by atoms with Gasteiger partial charge in [0, 0.05) is 12.8 Å². The van der Waals surface area contributed by atoms with Gasteiger partial charge in [-0.2, -0.15) is 0 Å². The average molecular weight is 149 g/mol. The first-order valence-electron chi connectivity index (χ1n) is 3.62. The van der Waals surface area contributed by atoms with E-state index in [0.29, 0.717) is 17.6 Å².